The Morgan fingerprint density at radius 1 is 0.453 bits per heavy atom. The summed E-state index contributed by atoms with van der Waals surface area (Å²) in [6.07, 6.45) is 0. The standard InChI is InChI=1S/C47H32N4O2/c1-50-42-24-21-36(27-43(42)51(2)47(50)52)30-14-18-33(19-15-30)41-28-40(48-46(49-41)34-9-4-3-5-10-34)32-16-12-29(13-17-32)35-22-25-44-39(26-35)38-23-20-31-8-6-7-11-37(31)45(38)53-44/h3-28H,1-2H3. The van der Waals surface area contributed by atoms with Crippen LogP contribution in [0.1, 0.15) is 0 Å². The van der Waals surface area contributed by atoms with E-state index in [4.69, 9.17) is 14.4 Å². The van der Waals surface area contributed by atoms with Crippen molar-refractivity contribution in [1.82, 2.24) is 19.1 Å². The summed E-state index contributed by atoms with van der Waals surface area (Å²) in [6.45, 7) is 0. The van der Waals surface area contributed by atoms with Crippen molar-refractivity contribution in [2.45, 2.75) is 0 Å². The molecule has 7 aromatic carbocycles. The molecular weight excluding hydrogens is 653 g/mol. The van der Waals surface area contributed by atoms with Gasteiger partial charge in [-0.1, -0.05) is 121 Å². The second-order valence-electron chi connectivity index (χ2n) is 13.6. The van der Waals surface area contributed by atoms with E-state index in [0.29, 0.717) is 5.82 Å². The van der Waals surface area contributed by atoms with Crippen molar-refractivity contribution in [2.24, 2.45) is 14.1 Å². The molecule has 6 nitrogen and oxygen atoms in total. The van der Waals surface area contributed by atoms with Crippen LogP contribution in [0.15, 0.2) is 167 Å². The van der Waals surface area contributed by atoms with E-state index in [0.717, 1.165) is 88.7 Å². The van der Waals surface area contributed by atoms with Crippen LogP contribution < -0.4 is 5.69 Å². The first-order chi connectivity index (χ1) is 26.0. The fourth-order valence-electron chi connectivity index (χ4n) is 7.50. The third kappa shape index (κ3) is 5.15. The molecule has 53 heavy (non-hydrogen) atoms. The van der Waals surface area contributed by atoms with Crippen LogP contribution in [0, 0.1) is 0 Å². The molecule has 0 N–H and O–H groups in total. The Labute approximate surface area is 304 Å². The fourth-order valence-corrected chi connectivity index (χ4v) is 7.50. The lowest BCUT2D eigenvalue weighted by atomic mass is 9.99. The molecule has 0 amide bonds. The highest BCUT2D eigenvalue weighted by atomic mass is 16.3. The first kappa shape index (κ1) is 30.7. The van der Waals surface area contributed by atoms with E-state index < -0.39 is 0 Å². The predicted molar refractivity (Wildman–Crippen MR) is 216 cm³/mol. The number of hydrogen-bond acceptors (Lipinski definition) is 4. The molecule has 0 aliphatic carbocycles. The first-order valence-electron chi connectivity index (χ1n) is 17.6. The van der Waals surface area contributed by atoms with Gasteiger partial charge in [0.25, 0.3) is 0 Å². The zero-order valence-corrected chi connectivity index (χ0v) is 29.1. The van der Waals surface area contributed by atoms with Crippen LogP contribution >= 0.6 is 0 Å². The number of hydrogen-bond donors (Lipinski definition) is 0. The molecule has 3 heterocycles. The molecule has 0 saturated carbocycles. The Kier molecular flexibility index (Phi) is 6.98. The van der Waals surface area contributed by atoms with Gasteiger partial charge in [-0.25, -0.2) is 14.8 Å². The molecule has 0 unspecified atom stereocenters. The molecule has 252 valence electrons. The van der Waals surface area contributed by atoms with Gasteiger partial charge in [0.1, 0.15) is 11.2 Å². The number of aryl methyl sites for hydroxylation is 2. The highest BCUT2D eigenvalue weighted by Crippen LogP contribution is 2.37. The van der Waals surface area contributed by atoms with Crippen molar-refractivity contribution in [3.05, 3.63) is 168 Å². The molecule has 3 aromatic heterocycles. The van der Waals surface area contributed by atoms with Crippen LogP contribution in [-0.4, -0.2) is 19.1 Å². The molecule has 10 rings (SSSR count). The molecule has 0 aliphatic rings. The topological polar surface area (TPSA) is 65.8 Å². The summed E-state index contributed by atoms with van der Waals surface area (Å²) in [5.74, 6) is 0.673. The normalized spacial score (nSPS) is 11.7. The predicted octanol–water partition coefficient (Wildman–Crippen LogP) is 11.1. The quantitative estimate of drug-likeness (QED) is 0.181. The first-order valence-corrected chi connectivity index (χ1v) is 17.6. The lowest BCUT2D eigenvalue weighted by Gasteiger charge is -2.11. The number of aromatic nitrogens is 4. The molecule has 0 spiro atoms. The van der Waals surface area contributed by atoms with Crippen molar-refractivity contribution in [3.63, 3.8) is 0 Å². The minimum absolute atomic E-state index is 0.0330. The lowest BCUT2D eigenvalue weighted by molar-refractivity contribution is 0.672. The van der Waals surface area contributed by atoms with Gasteiger partial charge in [-0.3, -0.25) is 9.13 Å². The molecule has 0 radical (unpaired) electrons. The Hall–Kier alpha value is -7.05. The van der Waals surface area contributed by atoms with Crippen molar-refractivity contribution in [3.8, 4) is 56.2 Å². The fraction of sp³-hybridized carbons (Fsp3) is 0.0426. The molecule has 6 heteroatoms. The number of imidazole rings is 1. The summed E-state index contributed by atoms with van der Waals surface area (Å²) in [4.78, 5) is 22.6. The minimum atomic E-state index is -0.0330. The van der Waals surface area contributed by atoms with Crippen LogP contribution in [0.4, 0.5) is 0 Å². The maximum absolute atomic E-state index is 12.5. The van der Waals surface area contributed by atoms with Crippen molar-refractivity contribution >= 4 is 43.7 Å². The van der Waals surface area contributed by atoms with Gasteiger partial charge in [-0.2, -0.15) is 0 Å². The zero-order chi connectivity index (χ0) is 35.6. The van der Waals surface area contributed by atoms with Crippen molar-refractivity contribution in [2.75, 3.05) is 0 Å². The SMILES string of the molecule is Cn1c(=O)n(C)c2cc(-c3ccc(-c4cc(-c5ccc(-c6ccc7oc8c9ccccc9ccc8c7c6)cc5)nc(-c5ccccc5)n4)cc3)ccc21. The summed E-state index contributed by atoms with van der Waals surface area (Å²) < 4.78 is 9.72. The summed E-state index contributed by atoms with van der Waals surface area (Å²) >= 11 is 0. The number of furan rings is 1. The van der Waals surface area contributed by atoms with Crippen molar-refractivity contribution in [1.29, 1.82) is 0 Å². The Balaban J connectivity index is 1.01. The monoisotopic (exact) mass is 684 g/mol. The van der Waals surface area contributed by atoms with Gasteiger partial charge in [0.2, 0.25) is 0 Å². The van der Waals surface area contributed by atoms with E-state index in [-0.39, 0.29) is 5.69 Å². The highest BCUT2D eigenvalue weighted by Gasteiger charge is 2.15. The summed E-state index contributed by atoms with van der Waals surface area (Å²) in [5.41, 5.74) is 12.6. The number of benzene rings is 7. The van der Waals surface area contributed by atoms with Crippen LogP contribution in [0.3, 0.4) is 0 Å². The average molecular weight is 685 g/mol. The van der Waals surface area contributed by atoms with E-state index in [1.54, 1.807) is 16.2 Å². The molecule has 0 atom stereocenters. The van der Waals surface area contributed by atoms with Gasteiger partial charge in [0.15, 0.2) is 5.82 Å². The second-order valence-corrected chi connectivity index (χ2v) is 13.6. The Bertz CT molecular complexity index is 3080. The molecule has 0 fully saturated rings. The summed E-state index contributed by atoms with van der Waals surface area (Å²) in [5, 5.41) is 4.53. The van der Waals surface area contributed by atoms with Gasteiger partial charge in [-0.05, 0) is 64.0 Å². The van der Waals surface area contributed by atoms with E-state index in [9.17, 15) is 4.79 Å². The van der Waals surface area contributed by atoms with Gasteiger partial charge in [-0.15, -0.1) is 0 Å². The van der Waals surface area contributed by atoms with Crippen LogP contribution in [0.2, 0.25) is 0 Å². The largest absolute Gasteiger partial charge is 0.455 e. The van der Waals surface area contributed by atoms with Gasteiger partial charge in [0.05, 0.1) is 22.4 Å². The molecule has 0 bridgehead atoms. The third-order valence-electron chi connectivity index (χ3n) is 10.4. The lowest BCUT2D eigenvalue weighted by Crippen LogP contribution is -2.19. The van der Waals surface area contributed by atoms with E-state index in [1.165, 1.54) is 5.39 Å². The Morgan fingerprint density at radius 3 is 1.75 bits per heavy atom. The highest BCUT2D eigenvalue weighted by molar-refractivity contribution is 6.15. The van der Waals surface area contributed by atoms with Crippen LogP contribution in [0.5, 0.6) is 0 Å². The van der Waals surface area contributed by atoms with E-state index in [1.807, 2.05) is 43.4 Å². The van der Waals surface area contributed by atoms with Gasteiger partial charge < -0.3 is 4.42 Å². The maximum atomic E-state index is 12.5. The molecule has 0 aliphatic heterocycles. The number of nitrogens with zero attached hydrogens (tertiary/aromatic N) is 4. The van der Waals surface area contributed by atoms with Gasteiger partial charge in [0, 0.05) is 46.9 Å². The molecular formula is C47H32N4O2. The van der Waals surface area contributed by atoms with Crippen LogP contribution in [-0.2, 0) is 14.1 Å². The smallest absolute Gasteiger partial charge is 0.328 e. The number of rotatable bonds is 5. The third-order valence-corrected chi connectivity index (χ3v) is 10.4. The number of fused-ring (bicyclic) bond motifs is 6. The minimum Gasteiger partial charge on any atom is -0.455 e. The molecule has 10 aromatic rings. The van der Waals surface area contributed by atoms with Gasteiger partial charge >= 0.3 is 5.69 Å². The summed E-state index contributed by atoms with van der Waals surface area (Å²) in [7, 11) is 3.61. The van der Waals surface area contributed by atoms with Crippen molar-refractivity contribution < 1.29 is 4.42 Å². The second kappa shape index (κ2) is 12.0. The summed E-state index contributed by atoms with van der Waals surface area (Å²) in [6, 6.07) is 54.4. The van der Waals surface area contributed by atoms with E-state index in [2.05, 4.69) is 121 Å². The van der Waals surface area contributed by atoms with E-state index >= 15 is 0 Å². The Morgan fingerprint density at radius 2 is 1.04 bits per heavy atom. The zero-order valence-electron chi connectivity index (χ0n) is 29.1. The molecule has 0 saturated heterocycles. The average Bonchev–Trinajstić information content (AvgIpc) is 3.71. The maximum Gasteiger partial charge on any atom is 0.328 e. The van der Waals surface area contributed by atoms with Crippen LogP contribution in [0.25, 0.3) is 99.9 Å².